The predicted molar refractivity (Wildman–Crippen MR) is 61.4 cm³/mol. The second kappa shape index (κ2) is 4.41. The molecule has 0 aromatic carbocycles. The topological polar surface area (TPSA) is 49.4 Å². The highest BCUT2D eigenvalue weighted by Gasteiger charge is 2.33. The maximum absolute atomic E-state index is 11.4. The summed E-state index contributed by atoms with van der Waals surface area (Å²) in [6, 6.07) is 0. The van der Waals surface area contributed by atoms with Crippen LogP contribution in [0.4, 0.5) is 0 Å². The first-order valence-electron chi connectivity index (χ1n) is 4.28. The van der Waals surface area contributed by atoms with E-state index in [0.717, 1.165) is 13.0 Å². The Balaban J connectivity index is 2.60. The third-order valence-corrected chi connectivity index (χ3v) is 5.02. The second-order valence-corrected chi connectivity index (χ2v) is 7.20. The summed E-state index contributed by atoms with van der Waals surface area (Å²) in [6.45, 7) is 3.62. The zero-order chi connectivity index (χ0) is 10.1. The quantitative estimate of drug-likeness (QED) is 0.465. The molecule has 4 nitrogen and oxygen atoms in total. The summed E-state index contributed by atoms with van der Waals surface area (Å²) in [5, 5.41) is -0.227. The molecule has 1 heterocycles. The van der Waals surface area contributed by atoms with Crippen LogP contribution >= 0.6 is 22.6 Å². The number of halogens is 1. The molecule has 1 N–H and O–H groups in total. The van der Waals surface area contributed by atoms with Crippen molar-refractivity contribution in [2.24, 2.45) is 0 Å². The van der Waals surface area contributed by atoms with Crippen molar-refractivity contribution in [3.63, 3.8) is 0 Å². The number of hydrogen-bond acceptors (Lipinski definition) is 3. The third-order valence-electron chi connectivity index (χ3n) is 2.40. The monoisotopic (exact) mass is 318 g/mol. The molecule has 2 unspecified atom stereocenters. The molecule has 1 saturated heterocycles. The summed E-state index contributed by atoms with van der Waals surface area (Å²) in [6.07, 6.45) is 0.747. The zero-order valence-electron chi connectivity index (χ0n) is 7.83. The molecule has 0 aromatic heterocycles. The van der Waals surface area contributed by atoms with Gasteiger partial charge < -0.3 is 0 Å². The Labute approximate surface area is 93.3 Å². The minimum atomic E-state index is -3.06. The van der Waals surface area contributed by atoms with Gasteiger partial charge in [-0.3, -0.25) is 4.90 Å². The van der Waals surface area contributed by atoms with E-state index < -0.39 is 10.0 Å². The van der Waals surface area contributed by atoms with Gasteiger partial charge in [0.05, 0.1) is 9.30 Å². The molecule has 0 radical (unpaired) electrons. The van der Waals surface area contributed by atoms with Crippen LogP contribution in [-0.2, 0) is 10.0 Å². The van der Waals surface area contributed by atoms with Gasteiger partial charge in [0.1, 0.15) is 0 Å². The first kappa shape index (κ1) is 11.7. The minimum Gasteiger partial charge on any atom is -0.290 e. The number of nitrogens with one attached hydrogen (secondary N) is 1. The van der Waals surface area contributed by atoms with E-state index in [2.05, 4.69) is 39.1 Å². The summed E-state index contributed by atoms with van der Waals surface area (Å²) in [7, 11) is -1.58. The van der Waals surface area contributed by atoms with Gasteiger partial charge in [-0.05, 0) is 20.4 Å². The van der Waals surface area contributed by atoms with E-state index in [9.17, 15) is 8.42 Å². The summed E-state index contributed by atoms with van der Waals surface area (Å²) < 4.78 is 25.7. The molecule has 2 atom stereocenters. The van der Waals surface area contributed by atoms with E-state index in [4.69, 9.17) is 0 Å². The average molecular weight is 318 g/mol. The fourth-order valence-corrected chi connectivity index (χ4v) is 3.14. The van der Waals surface area contributed by atoms with Gasteiger partial charge in [-0.15, -0.1) is 0 Å². The summed E-state index contributed by atoms with van der Waals surface area (Å²) in [5.41, 5.74) is 0. The molecule has 13 heavy (non-hydrogen) atoms. The van der Waals surface area contributed by atoms with Crippen molar-refractivity contribution in [1.29, 1.82) is 0 Å². The van der Waals surface area contributed by atoms with Crippen LogP contribution < -0.4 is 4.72 Å². The van der Waals surface area contributed by atoms with Crippen LogP contribution in [0.15, 0.2) is 0 Å². The van der Waals surface area contributed by atoms with Crippen LogP contribution in [0, 0.1) is 0 Å². The maximum Gasteiger partial charge on any atom is 0.215 e. The number of rotatable bonds is 3. The highest BCUT2D eigenvalue weighted by atomic mass is 127. The summed E-state index contributed by atoms with van der Waals surface area (Å²) in [5.74, 6) is 0. The average Bonchev–Trinajstić information content (AvgIpc) is 2.52. The van der Waals surface area contributed by atoms with Crippen molar-refractivity contribution in [1.82, 2.24) is 9.62 Å². The van der Waals surface area contributed by atoms with Gasteiger partial charge in [0.25, 0.3) is 0 Å². The number of hydrogen-bond donors (Lipinski definition) is 1. The second-order valence-electron chi connectivity index (χ2n) is 3.23. The van der Waals surface area contributed by atoms with E-state index >= 15 is 0 Å². The lowest BCUT2D eigenvalue weighted by Gasteiger charge is -2.18. The molecule has 78 valence electrons. The first-order valence-corrected chi connectivity index (χ1v) is 7.07. The van der Waals surface area contributed by atoms with Crippen LogP contribution in [0.5, 0.6) is 0 Å². The molecular weight excluding hydrogens is 303 g/mol. The standard InChI is InChI=1S/C7H15IN2O2S/c1-6(8)10-4-3-7(5-10)13(11,12)9-2/h6-7,9H,3-5H2,1-2H3. The largest absolute Gasteiger partial charge is 0.290 e. The van der Waals surface area contributed by atoms with Crippen molar-refractivity contribution in [2.75, 3.05) is 20.1 Å². The molecule has 1 aliphatic heterocycles. The first-order chi connectivity index (χ1) is 5.97. The van der Waals surface area contributed by atoms with E-state index in [1.54, 1.807) is 0 Å². The normalized spacial score (nSPS) is 27.8. The van der Waals surface area contributed by atoms with Gasteiger partial charge in [-0.2, -0.15) is 0 Å². The third kappa shape index (κ3) is 2.77. The molecule has 0 saturated carbocycles. The van der Waals surface area contributed by atoms with Gasteiger partial charge >= 0.3 is 0 Å². The van der Waals surface area contributed by atoms with Crippen LogP contribution in [0.2, 0.25) is 0 Å². The van der Waals surface area contributed by atoms with Crippen molar-refractivity contribution < 1.29 is 8.42 Å². The lowest BCUT2D eigenvalue weighted by molar-refractivity contribution is 0.344. The van der Waals surface area contributed by atoms with Crippen molar-refractivity contribution in [2.45, 2.75) is 22.6 Å². The molecule has 1 rings (SSSR count). The fourth-order valence-electron chi connectivity index (χ4n) is 1.50. The van der Waals surface area contributed by atoms with E-state index in [0.29, 0.717) is 10.6 Å². The summed E-state index contributed by atoms with van der Waals surface area (Å²) >= 11 is 2.31. The molecule has 0 aromatic rings. The number of alkyl halides is 1. The Morgan fingerprint density at radius 1 is 1.62 bits per heavy atom. The lowest BCUT2D eigenvalue weighted by Crippen LogP contribution is -2.35. The maximum atomic E-state index is 11.4. The zero-order valence-corrected chi connectivity index (χ0v) is 10.8. The Kier molecular flexibility index (Phi) is 3.96. The van der Waals surface area contributed by atoms with E-state index in [1.165, 1.54) is 7.05 Å². The van der Waals surface area contributed by atoms with Crippen LogP contribution in [0.3, 0.4) is 0 Å². The van der Waals surface area contributed by atoms with Gasteiger partial charge in [-0.1, -0.05) is 22.6 Å². The van der Waals surface area contributed by atoms with Crippen LogP contribution in [-0.4, -0.2) is 42.8 Å². The van der Waals surface area contributed by atoms with Gasteiger partial charge in [0.2, 0.25) is 10.0 Å². The molecule has 0 bridgehead atoms. The lowest BCUT2D eigenvalue weighted by atomic mass is 10.4. The van der Waals surface area contributed by atoms with Crippen LogP contribution in [0.25, 0.3) is 0 Å². The van der Waals surface area contributed by atoms with E-state index in [1.807, 2.05) is 0 Å². The van der Waals surface area contributed by atoms with Crippen molar-refractivity contribution in [3.8, 4) is 0 Å². The molecule has 1 fully saturated rings. The smallest absolute Gasteiger partial charge is 0.215 e. The predicted octanol–water partition coefficient (Wildman–Crippen LogP) is 0.391. The Hall–Kier alpha value is 0.600. The molecule has 0 aliphatic carbocycles. The van der Waals surface area contributed by atoms with Gasteiger partial charge in [0, 0.05) is 13.1 Å². The molecule has 0 spiro atoms. The van der Waals surface area contributed by atoms with Crippen molar-refractivity contribution >= 4 is 32.6 Å². The molecule has 1 aliphatic rings. The molecule has 0 amide bonds. The fraction of sp³-hybridized carbons (Fsp3) is 1.00. The Morgan fingerprint density at radius 3 is 2.62 bits per heavy atom. The van der Waals surface area contributed by atoms with Crippen LogP contribution in [0.1, 0.15) is 13.3 Å². The summed E-state index contributed by atoms with van der Waals surface area (Å²) in [4.78, 5) is 2.18. The number of likely N-dealkylation sites (tertiary alicyclic amines) is 1. The Morgan fingerprint density at radius 2 is 2.23 bits per heavy atom. The SMILES string of the molecule is CNS(=O)(=O)C1CCN(C(C)I)C1. The van der Waals surface area contributed by atoms with Crippen molar-refractivity contribution in [3.05, 3.63) is 0 Å². The van der Waals surface area contributed by atoms with Gasteiger partial charge in [-0.25, -0.2) is 13.1 Å². The van der Waals surface area contributed by atoms with E-state index in [-0.39, 0.29) is 5.25 Å². The molecular formula is C7H15IN2O2S. The molecule has 6 heteroatoms. The number of nitrogens with zero attached hydrogens (tertiary/aromatic N) is 1. The number of sulfonamides is 1. The minimum absolute atomic E-state index is 0.227. The highest BCUT2D eigenvalue weighted by molar-refractivity contribution is 14.1. The highest BCUT2D eigenvalue weighted by Crippen LogP contribution is 2.20. The Bertz CT molecular complexity index is 266. The van der Waals surface area contributed by atoms with Gasteiger partial charge in [0.15, 0.2) is 0 Å².